The van der Waals surface area contributed by atoms with Gasteiger partial charge in [-0.1, -0.05) is 0 Å². The Morgan fingerprint density at radius 2 is 1.83 bits per heavy atom. The van der Waals surface area contributed by atoms with Crippen LogP contribution in [0.4, 0.5) is 21.8 Å². The topological polar surface area (TPSA) is 59.3 Å². The zero-order chi connectivity index (χ0) is 17.1. The van der Waals surface area contributed by atoms with Crippen molar-refractivity contribution in [3.63, 3.8) is 0 Å². The van der Waals surface area contributed by atoms with Crippen LogP contribution in [0.2, 0.25) is 0 Å². The van der Waals surface area contributed by atoms with Crippen molar-refractivity contribution < 1.29 is 4.39 Å². The van der Waals surface area contributed by atoms with E-state index in [0.717, 1.165) is 37.7 Å². The number of rotatable bonds is 3. The van der Waals surface area contributed by atoms with E-state index in [2.05, 4.69) is 19.8 Å². The summed E-state index contributed by atoms with van der Waals surface area (Å²) in [6, 6.07) is 8.31. The fourth-order valence-corrected chi connectivity index (χ4v) is 2.73. The molecule has 2 heterocycles. The van der Waals surface area contributed by atoms with Crippen molar-refractivity contribution in [2.24, 2.45) is 0 Å². The average Bonchev–Trinajstić information content (AvgIpc) is 2.61. The Hall–Kier alpha value is -2.88. The Bertz CT molecular complexity index is 762. The summed E-state index contributed by atoms with van der Waals surface area (Å²) in [5, 5.41) is 8.98. The van der Waals surface area contributed by atoms with Crippen LogP contribution in [0, 0.1) is 17.1 Å². The molecule has 0 amide bonds. The minimum Gasteiger partial charge on any atom is -0.368 e. The third-order valence-corrected chi connectivity index (χ3v) is 4.03. The molecule has 0 atom stereocenters. The Kier molecular flexibility index (Phi) is 4.47. The number of anilines is 3. The second kappa shape index (κ2) is 6.71. The Morgan fingerprint density at radius 3 is 2.50 bits per heavy atom. The van der Waals surface area contributed by atoms with Crippen molar-refractivity contribution in [3.05, 3.63) is 41.8 Å². The van der Waals surface area contributed by atoms with Gasteiger partial charge in [0.2, 0.25) is 5.95 Å². The third kappa shape index (κ3) is 3.38. The van der Waals surface area contributed by atoms with E-state index in [9.17, 15) is 4.39 Å². The first-order valence-corrected chi connectivity index (χ1v) is 7.78. The standard InChI is InChI=1S/C17H19FN6/c1-22(2)16-3-4-20-17(21-16)24-7-5-23(6-8-24)15-10-13(12-19)9-14(18)11-15/h3-4,9-11H,5-8H2,1-2H3. The second-order valence-corrected chi connectivity index (χ2v) is 5.89. The number of nitrogens with zero attached hydrogens (tertiary/aromatic N) is 6. The van der Waals surface area contributed by atoms with Crippen LogP contribution in [0.15, 0.2) is 30.5 Å². The number of aromatic nitrogens is 2. The molecule has 24 heavy (non-hydrogen) atoms. The van der Waals surface area contributed by atoms with Gasteiger partial charge in [-0.25, -0.2) is 9.37 Å². The predicted molar refractivity (Wildman–Crippen MR) is 91.9 cm³/mol. The first kappa shape index (κ1) is 16.0. The second-order valence-electron chi connectivity index (χ2n) is 5.89. The number of halogens is 1. The van der Waals surface area contributed by atoms with E-state index in [1.54, 1.807) is 12.3 Å². The van der Waals surface area contributed by atoms with E-state index in [4.69, 9.17) is 5.26 Å². The van der Waals surface area contributed by atoms with Crippen molar-refractivity contribution in [2.75, 3.05) is 55.0 Å². The summed E-state index contributed by atoms with van der Waals surface area (Å²) in [6.45, 7) is 2.94. The molecule has 1 aromatic carbocycles. The highest BCUT2D eigenvalue weighted by Gasteiger charge is 2.20. The van der Waals surface area contributed by atoms with Gasteiger partial charge in [-0.3, -0.25) is 0 Å². The molecule has 0 aliphatic carbocycles. The van der Waals surface area contributed by atoms with Crippen molar-refractivity contribution in [3.8, 4) is 6.07 Å². The van der Waals surface area contributed by atoms with Gasteiger partial charge >= 0.3 is 0 Å². The highest BCUT2D eigenvalue weighted by Crippen LogP contribution is 2.21. The molecule has 0 spiro atoms. The first-order valence-electron chi connectivity index (χ1n) is 7.78. The molecule has 1 aliphatic heterocycles. The largest absolute Gasteiger partial charge is 0.368 e. The maximum Gasteiger partial charge on any atom is 0.227 e. The van der Waals surface area contributed by atoms with E-state index in [-0.39, 0.29) is 5.82 Å². The third-order valence-electron chi connectivity index (χ3n) is 4.03. The normalized spacial score (nSPS) is 14.4. The number of nitriles is 1. The van der Waals surface area contributed by atoms with Crippen LogP contribution in [-0.2, 0) is 0 Å². The monoisotopic (exact) mass is 326 g/mol. The van der Waals surface area contributed by atoms with Gasteiger partial charge in [0.25, 0.3) is 0 Å². The van der Waals surface area contributed by atoms with Crippen molar-refractivity contribution in [1.82, 2.24) is 9.97 Å². The average molecular weight is 326 g/mol. The molecule has 0 bridgehead atoms. The summed E-state index contributed by atoms with van der Waals surface area (Å²) < 4.78 is 13.6. The fourth-order valence-electron chi connectivity index (χ4n) is 2.73. The van der Waals surface area contributed by atoms with Gasteiger partial charge in [0.1, 0.15) is 11.6 Å². The highest BCUT2D eigenvalue weighted by molar-refractivity contribution is 5.53. The number of benzene rings is 1. The van der Waals surface area contributed by atoms with Crippen LogP contribution in [0.25, 0.3) is 0 Å². The summed E-state index contributed by atoms with van der Waals surface area (Å²) in [5.74, 6) is 1.19. The molecule has 2 aromatic rings. The maximum absolute atomic E-state index is 13.6. The fraction of sp³-hybridized carbons (Fsp3) is 0.353. The maximum atomic E-state index is 13.6. The zero-order valence-corrected chi connectivity index (χ0v) is 13.8. The lowest BCUT2D eigenvalue weighted by atomic mass is 10.2. The zero-order valence-electron chi connectivity index (χ0n) is 13.8. The summed E-state index contributed by atoms with van der Waals surface area (Å²) in [7, 11) is 3.89. The van der Waals surface area contributed by atoms with Gasteiger partial charge in [0.05, 0.1) is 11.6 Å². The smallest absolute Gasteiger partial charge is 0.227 e. The van der Waals surface area contributed by atoms with Gasteiger partial charge in [-0.05, 0) is 24.3 Å². The van der Waals surface area contributed by atoms with Gasteiger partial charge in [0, 0.05) is 52.2 Å². The molecule has 0 unspecified atom stereocenters. The number of hydrogen-bond acceptors (Lipinski definition) is 6. The highest BCUT2D eigenvalue weighted by atomic mass is 19.1. The predicted octanol–water partition coefficient (Wildman–Crippen LogP) is 1.88. The van der Waals surface area contributed by atoms with E-state index >= 15 is 0 Å². The van der Waals surface area contributed by atoms with Crippen LogP contribution < -0.4 is 14.7 Å². The van der Waals surface area contributed by atoms with Gasteiger partial charge in [-0.15, -0.1) is 0 Å². The minimum atomic E-state index is -0.381. The molecule has 124 valence electrons. The molecule has 3 rings (SSSR count). The van der Waals surface area contributed by atoms with Crippen molar-refractivity contribution >= 4 is 17.5 Å². The lowest BCUT2D eigenvalue weighted by molar-refractivity contribution is 0.617. The van der Waals surface area contributed by atoms with Crippen LogP contribution in [0.1, 0.15) is 5.56 Å². The van der Waals surface area contributed by atoms with Gasteiger partial charge < -0.3 is 14.7 Å². The molecule has 7 heteroatoms. The summed E-state index contributed by atoms with van der Waals surface area (Å²) in [6.07, 6.45) is 1.76. The molecule has 1 fully saturated rings. The first-order chi connectivity index (χ1) is 11.6. The van der Waals surface area contributed by atoms with Crippen LogP contribution >= 0.6 is 0 Å². The van der Waals surface area contributed by atoms with E-state index in [1.165, 1.54) is 12.1 Å². The van der Waals surface area contributed by atoms with Crippen LogP contribution in [-0.4, -0.2) is 50.2 Å². The van der Waals surface area contributed by atoms with E-state index in [1.807, 2.05) is 31.1 Å². The molecule has 0 N–H and O–H groups in total. The molecular formula is C17H19FN6. The quantitative estimate of drug-likeness (QED) is 0.858. The molecule has 0 radical (unpaired) electrons. The SMILES string of the molecule is CN(C)c1ccnc(N2CCN(c3cc(F)cc(C#N)c3)CC2)n1. The number of piperazine rings is 1. The van der Waals surface area contributed by atoms with Crippen LogP contribution in [0.5, 0.6) is 0 Å². The molecule has 1 aliphatic rings. The Labute approximate surface area is 140 Å². The van der Waals surface area contributed by atoms with Crippen LogP contribution in [0.3, 0.4) is 0 Å². The lowest BCUT2D eigenvalue weighted by Gasteiger charge is -2.36. The summed E-state index contributed by atoms with van der Waals surface area (Å²) in [5.41, 5.74) is 1.09. The van der Waals surface area contributed by atoms with E-state index < -0.39 is 0 Å². The molecular weight excluding hydrogens is 307 g/mol. The molecule has 1 aromatic heterocycles. The summed E-state index contributed by atoms with van der Waals surface area (Å²) in [4.78, 5) is 15.0. The molecule has 1 saturated heterocycles. The molecule has 0 saturated carbocycles. The number of hydrogen-bond donors (Lipinski definition) is 0. The van der Waals surface area contributed by atoms with Gasteiger partial charge in [0.15, 0.2) is 0 Å². The Morgan fingerprint density at radius 1 is 1.12 bits per heavy atom. The van der Waals surface area contributed by atoms with Gasteiger partial charge in [-0.2, -0.15) is 10.2 Å². The van der Waals surface area contributed by atoms with Crippen molar-refractivity contribution in [2.45, 2.75) is 0 Å². The molecule has 6 nitrogen and oxygen atoms in total. The van der Waals surface area contributed by atoms with E-state index in [0.29, 0.717) is 11.5 Å². The minimum absolute atomic E-state index is 0.342. The Balaban J connectivity index is 1.71. The lowest BCUT2D eigenvalue weighted by Crippen LogP contribution is -2.47. The van der Waals surface area contributed by atoms with Crippen molar-refractivity contribution in [1.29, 1.82) is 5.26 Å². The summed E-state index contributed by atoms with van der Waals surface area (Å²) >= 11 is 0.